The third-order valence-corrected chi connectivity index (χ3v) is 7.93. The molecule has 2 aromatic carbocycles. The Morgan fingerprint density at radius 2 is 1.91 bits per heavy atom. The van der Waals surface area contributed by atoms with Gasteiger partial charge in [0.2, 0.25) is 0 Å². The number of rotatable bonds is 7. The molecule has 1 fully saturated rings. The number of aryl methyl sites for hydroxylation is 1. The van der Waals surface area contributed by atoms with Crippen molar-refractivity contribution in [1.29, 1.82) is 5.26 Å². The molecule has 2 N–H and O–H groups in total. The lowest BCUT2D eigenvalue weighted by atomic mass is 9.96. The highest BCUT2D eigenvalue weighted by Gasteiger charge is 2.66. The van der Waals surface area contributed by atoms with E-state index in [1.165, 1.54) is 12.4 Å². The zero-order valence-electron chi connectivity index (χ0n) is 24.0. The Kier molecular flexibility index (Phi) is 6.76. The first-order valence-corrected chi connectivity index (χ1v) is 14.1. The standard InChI is InChI=1S/C30H29ClF3N9/c1-28(2,3)16-37-24-18(12-35)13-36-26-21(24)10-19(11-22(26)31)38-27(20-7-5-6-17-14-42(4)40-25(17)20)23-15-43(41-39-23)29(8-9-29)30(32,33)34/h5-7,10-11,13-15,27,38H,8-9,16H2,1-4H3,(H,36,37)/t27-/m0/s1. The Morgan fingerprint density at radius 1 is 1.14 bits per heavy atom. The van der Waals surface area contributed by atoms with Gasteiger partial charge < -0.3 is 10.6 Å². The lowest BCUT2D eigenvalue weighted by Crippen LogP contribution is -2.35. The summed E-state index contributed by atoms with van der Waals surface area (Å²) in [6, 6.07) is 10.6. The van der Waals surface area contributed by atoms with E-state index < -0.39 is 17.8 Å². The second kappa shape index (κ2) is 10.1. The van der Waals surface area contributed by atoms with Gasteiger partial charge in [0, 0.05) is 48.0 Å². The van der Waals surface area contributed by atoms with Gasteiger partial charge in [0.25, 0.3) is 0 Å². The van der Waals surface area contributed by atoms with E-state index in [1.54, 1.807) is 17.8 Å². The second-order valence-corrected chi connectivity index (χ2v) is 12.6. The van der Waals surface area contributed by atoms with Gasteiger partial charge in [-0.05, 0) is 30.4 Å². The van der Waals surface area contributed by atoms with Crippen LogP contribution in [0.25, 0.3) is 21.8 Å². The molecule has 222 valence electrons. The Hall–Kier alpha value is -4.37. The summed E-state index contributed by atoms with van der Waals surface area (Å²) in [6.07, 6.45) is 0.163. The van der Waals surface area contributed by atoms with Crippen LogP contribution in [0.3, 0.4) is 0 Å². The number of anilines is 2. The molecular formula is C30H29ClF3N9. The first kappa shape index (κ1) is 28.7. The molecule has 0 unspecified atom stereocenters. The fraction of sp³-hybridized carbons (Fsp3) is 0.367. The highest BCUT2D eigenvalue weighted by molar-refractivity contribution is 6.35. The van der Waals surface area contributed by atoms with Crippen LogP contribution < -0.4 is 10.6 Å². The molecule has 1 atom stereocenters. The molecule has 43 heavy (non-hydrogen) atoms. The predicted octanol–water partition coefficient (Wildman–Crippen LogP) is 6.95. The van der Waals surface area contributed by atoms with Crippen molar-refractivity contribution in [3.8, 4) is 6.07 Å². The van der Waals surface area contributed by atoms with E-state index in [0.717, 1.165) is 10.1 Å². The third-order valence-electron chi connectivity index (χ3n) is 7.64. The Bertz CT molecular complexity index is 1890. The van der Waals surface area contributed by atoms with Crippen LogP contribution in [-0.2, 0) is 12.6 Å². The first-order chi connectivity index (χ1) is 20.3. The second-order valence-electron chi connectivity index (χ2n) is 12.2. The SMILES string of the molecule is Cn1cc2cccc([C@H](Nc3cc(Cl)c4ncc(C#N)c(NCC(C)(C)C)c4c3)c3cn(C4(C(F)(F)F)CC4)nn3)c2n1. The fourth-order valence-corrected chi connectivity index (χ4v) is 5.52. The van der Waals surface area contributed by atoms with E-state index >= 15 is 0 Å². The zero-order valence-corrected chi connectivity index (χ0v) is 24.7. The summed E-state index contributed by atoms with van der Waals surface area (Å²) in [7, 11) is 1.80. The van der Waals surface area contributed by atoms with E-state index in [9.17, 15) is 18.4 Å². The van der Waals surface area contributed by atoms with Crippen LogP contribution in [0.1, 0.15) is 56.5 Å². The number of nitrogens with zero attached hydrogens (tertiary/aromatic N) is 7. The maximum Gasteiger partial charge on any atom is 0.413 e. The van der Waals surface area contributed by atoms with E-state index in [4.69, 9.17) is 11.6 Å². The predicted molar refractivity (Wildman–Crippen MR) is 159 cm³/mol. The van der Waals surface area contributed by atoms with Gasteiger partial charge in [-0.1, -0.05) is 55.8 Å². The lowest BCUT2D eigenvalue weighted by molar-refractivity contribution is -0.182. The summed E-state index contributed by atoms with van der Waals surface area (Å²) in [5.74, 6) is 0. The summed E-state index contributed by atoms with van der Waals surface area (Å²) < 4.78 is 44.4. The molecule has 0 saturated heterocycles. The average Bonchev–Trinajstić information content (AvgIpc) is 3.46. The molecule has 6 rings (SSSR count). The van der Waals surface area contributed by atoms with Crippen LogP contribution in [0.4, 0.5) is 24.5 Å². The van der Waals surface area contributed by atoms with Crippen molar-refractivity contribution < 1.29 is 13.2 Å². The quantitative estimate of drug-likeness (QED) is 0.206. The van der Waals surface area contributed by atoms with Crippen LogP contribution >= 0.6 is 11.6 Å². The largest absolute Gasteiger partial charge is 0.413 e. The maximum absolute atomic E-state index is 13.9. The molecule has 1 aliphatic carbocycles. The number of hydrogen-bond donors (Lipinski definition) is 2. The zero-order chi connectivity index (χ0) is 30.7. The molecule has 1 saturated carbocycles. The lowest BCUT2D eigenvalue weighted by Gasteiger charge is -2.22. The summed E-state index contributed by atoms with van der Waals surface area (Å²) in [5.41, 5.74) is 1.58. The number of aromatic nitrogens is 6. The molecule has 3 heterocycles. The number of hydrogen-bond acceptors (Lipinski definition) is 7. The van der Waals surface area contributed by atoms with Crippen molar-refractivity contribution in [2.24, 2.45) is 12.5 Å². The summed E-state index contributed by atoms with van der Waals surface area (Å²) >= 11 is 6.73. The molecule has 0 amide bonds. The Morgan fingerprint density at radius 3 is 2.58 bits per heavy atom. The number of benzene rings is 2. The monoisotopic (exact) mass is 607 g/mol. The van der Waals surface area contributed by atoms with Crippen LogP contribution in [0.2, 0.25) is 5.02 Å². The van der Waals surface area contributed by atoms with Gasteiger partial charge in [0.05, 0.1) is 39.5 Å². The van der Waals surface area contributed by atoms with Gasteiger partial charge in [-0.2, -0.15) is 23.5 Å². The van der Waals surface area contributed by atoms with Gasteiger partial charge in [0.15, 0.2) is 5.54 Å². The molecule has 1 aliphatic rings. The van der Waals surface area contributed by atoms with Gasteiger partial charge in [0.1, 0.15) is 11.8 Å². The summed E-state index contributed by atoms with van der Waals surface area (Å²) in [4.78, 5) is 4.43. The average molecular weight is 608 g/mol. The van der Waals surface area contributed by atoms with E-state index in [2.05, 4.69) is 57.9 Å². The van der Waals surface area contributed by atoms with Gasteiger partial charge in [-0.15, -0.1) is 5.10 Å². The van der Waals surface area contributed by atoms with Crippen molar-refractivity contribution in [2.45, 2.75) is 51.4 Å². The molecular weight excluding hydrogens is 579 g/mol. The number of nitriles is 1. The van der Waals surface area contributed by atoms with Crippen molar-refractivity contribution >= 4 is 44.8 Å². The van der Waals surface area contributed by atoms with Crippen LogP contribution in [0.5, 0.6) is 0 Å². The minimum atomic E-state index is -4.45. The van der Waals surface area contributed by atoms with Gasteiger partial charge in [-0.3, -0.25) is 9.67 Å². The molecule has 0 aliphatic heterocycles. The topological polar surface area (TPSA) is 109 Å². The normalized spacial score (nSPS) is 15.4. The van der Waals surface area contributed by atoms with Crippen molar-refractivity contribution in [1.82, 2.24) is 29.8 Å². The highest BCUT2D eigenvalue weighted by atomic mass is 35.5. The number of nitrogens with one attached hydrogen (secondary N) is 2. The fourth-order valence-electron chi connectivity index (χ4n) is 5.25. The molecule has 3 aromatic heterocycles. The molecule has 0 radical (unpaired) electrons. The molecule has 0 spiro atoms. The molecule has 13 heteroatoms. The Labute approximate surface area is 250 Å². The van der Waals surface area contributed by atoms with Crippen LogP contribution in [0.15, 0.2) is 48.9 Å². The van der Waals surface area contributed by atoms with Crippen LogP contribution in [-0.4, -0.2) is 42.5 Å². The number of pyridine rings is 1. The minimum Gasteiger partial charge on any atom is -0.383 e. The van der Waals surface area contributed by atoms with Crippen molar-refractivity contribution in [3.05, 3.63) is 70.8 Å². The maximum atomic E-state index is 13.9. The van der Waals surface area contributed by atoms with Gasteiger partial charge >= 0.3 is 6.18 Å². The van der Waals surface area contributed by atoms with Gasteiger partial charge in [-0.25, -0.2) is 4.68 Å². The van der Waals surface area contributed by atoms with E-state index in [1.807, 2.05) is 30.5 Å². The number of alkyl halides is 3. The van der Waals surface area contributed by atoms with Crippen molar-refractivity contribution in [3.63, 3.8) is 0 Å². The highest BCUT2D eigenvalue weighted by Crippen LogP contribution is 2.55. The summed E-state index contributed by atoms with van der Waals surface area (Å²) in [5, 5.41) is 31.3. The minimum absolute atomic E-state index is 0.0495. The molecule has 5 aromatic rings. The Balaban J connectivity index is 1.48. The third kappa shape index (κ3) is 5.22. The van der Waals surface area contributed by atoms with E-state index in [-0.39, 0.29) is 18.3 Å². The number of fused-ring (bicyclic) bond motifs is 2. The smallest absolute Gasteiger partial charge is 0.383 e. The van der Waals surface area contributed by atoms with Crippen molar-refractivity contribution in [2.75, 3.05) is 17.2 Å². The number of halogens is 4. The molecule has 0 bridgehead atoms. The first-order valence-electron chi connectivity index (χ1n) is 13.7. The van der Waals surface area contributed by atoms with E-state index in [0.29, 0.717) is 56.2 Å². The summed E-state index contributed by atoms with van der Waals surface area (Å²) in [6.45, 7) is 6.83. The van der Waals surface area contributed by atoms with Crippen LogP contribution in [0, 0.1) is 16.7 Å². The molecule has 9 nitrogen and oxygen atoms in total.